The summed E-state index contributed by atoms with van der Waals surface area (Å²) in [5.74, 6) is 1.07. The fourth-order valence-electron chi connectivity index (χ4n) is 3.96. The molecule has 0 fully saturated rings. The van der Waals surface area contributed by atoms with Gasteiger partial charge in [0.2, 0.25) is 0 Å². The molecule has 1 aliphatic heterocycles. The van der Waals surface area contributed by atoms with Crippen molar-refractivity contribution in [3.8, 4) is 22.6 Å². The Morgan fingerprint density at radius 3 is 2.52 bits per heavy atom. The number of hydrogen-bond acceptors (Lipinski definition) is 2. The summed E-state index contributed by atoms with van der Waals surface area (Å²) in [4.78, 5) is 0. The predicted octanol–water partition coefficient (Wildman–Crippen LogP) is 7.37. The van der Waals surface area contributed by atoms with Crippen LogP contribution in [0.5, 0.6) is 11.5 Å². The van der Waals surface area contributed by atoms with Gasteiger partial charge in [0.05, 0.1) is 5.56 Å². The van der Waals surface area contributed by atoms with Crippen LogP contribution in [0, 0.1) is 6.92 Å². The number of rotatable bonds is 5. The topological polar surface area (TPSA) is 29.5 Å². The molecule has 0 saturated heterocycles. The highest BCUT2D eigenvalue weighted by atomic mass is 16.5. The van der Waals surface area contributed by atoms with E-state index in [2.05, 4.69) is 65.8 Å². The molecule has 0 unspecified atom stereocenters. The lowest BCUT2D eigenvalue weighted by Gasteiger charge is -2.35. The van der Waals surface area contributed by atoms with Crippen molar-refractivity contribution in [3.63, 3.8) is 0 Å². The van der Waals surface area contributed by atoms with E-state index in [1.165, 1.54) is 36.0 Å². The molecule has 27 heavy (non-hydrogen) atoms. The number of phenolic OH excluding ortho intramolecular Hbond substituents is 1. The highest BCUT2D eigenvalue weighted by Gasteiger charge is 2.34. The fourth-order valence-corrected chi connectivity index (χ4v) is 3.96. The van der Waals surface area contributed by atoms with Crippen LogP contribution in [0.1, 0.15) is 77.0 Å². The zero-order valence-electron chi connectivity index (χ0n) is 17.6. The van der Waals surface area contributed by atoms with Crippen molar-refractivity contribution in [1.82, 2.24) is 0 Å². The molecule has 0 radical (unpaired) electrons. The van der Waals surface area contributed by atoms with Gasteiger partial charge in [-0.15, -0.1) is 0 Å². The molecule has 0 bridgehead atoms. The summed E-state index contributed by atoms with van der Waals surface area (Å²) in [7, 11) is 0. The lowest BCUT2D eigenvalue weighted by atomic mass is 9.84. The third-order valence-electron chi connectivity index (χ3n) is 5.77. The molecule has 0 amide bonds. The largest absolute Gasteiger partial charge is 0.507 e. The maximum absolute atomic E-state index is 10.9. The van der Waals surface area contributed by atoms with E-state index in [0.717, 1.165) is 34.4 Å². The molecule has 0 aliphatic carbocycles. The van der Waals surface area contributed by atoms with Gasteiger partial charge in [-0.3, -0.25) is 0 Å². The van der Waals surface area contributed by atoms with Crippen molar-refractivity contribution in [2.24, 2.45) is 0 Å². The molecule has 144 valence electrons. The number of fused-ring (bicyclic) bond motifs is 3. The Labute approximate surface area is 163 Å². The van der Waals surface area contributed by atoms with Gasteiger partial charge in [-0.25, -0.2) is 0 Å². The number of aromatic hydroxyl groups is 1. The number of aryl methyl sites for hydroxylation is 1. The van der Waals surface area contributed by atoms with Crippen LogP contribution in [0.25, 0.3) is 16.7 Å². The first-order chi connectivity index (χ1) is 12.7. The van der Waals surface area contributed by atoms with Gasteiger partial charge in [-0.2, -0.15) is 0 Å². The normalized spacial score (nSPS) is 15.5. The highest BCUT2D eigenvalue weighted by molar-refractivity contribution is 5.85. The van der Waals surface area contributed by atoms with Crippen molar-refractivity contribution in [1.29, 1.82) is 0 Å². The van der Waals surface area contributed by atoms with E-state index in [1.807, 2.05) is 6.07 Å². The molecular formula is C25H32O2. The SMILES string of the molecule is CCCCCC(C)=C(C)c1cc(O)c2c(c1)OC(C)(C)c1ccc(C)cc1-2. The smallest absolute Gasteiger partial charge is 0.132 e. The average molecular weight is 365 g/mol. The second-order valence-electron chi connectivity index (χ2n) is 8.39. The number of phenols is 1. The molecular weight excluding hydrogens is 332 g/mol. The Kier molecular flexibility index (Phi) is 5.37. The molecule has 2 heteroatoms. The van der Waals surface area contributed by atoms with E-state index in [9.17, 15) is 5.11 Å². The minimum Gasteiger partial charge on any atom is -0.507 e. The monoisotopic (exact) mass is 364 g/mol. The molecule has 2 nitrogen and oxygen atoms in total. The van der Waals surface area contributed by atoms with Crippen LogP contribution in [0.4, 0.5) is 0 Å². The molecule has 1 aliphatic rings. The zero-order chi connectivity index (χ0) is 19.8. The second-order valence-corrected chi connectivity index (χ2v) is 8.39. The first kappa shape index (κ1) is 19.5. The van der Waals surface area contributed by atoms with Gasteiger partial charge in [-0.1, -0.05) is 49.1 Å². The Morgan fingerprint density at radius 1 is 1.07 bits per heavy atom. The van der Waals surface area contributed by atoms with Gasteiger partial charge in [-0.05, 0) is 76.3 Å². The van der Waals surface area contributed by atoms with Crippen molar-refractivity contribution >= 4 is 5.57 Å². The maximum atomic E-state index is 10.9. The second kappa shape index (κ2) is 7.42. The molecule has 2 aromatic carbocycles. The van der Waals surface area contributed by atoms with Crippen LogP contribution in [-0.4, -0.2) is 5.11 Å². The highest BCUT2D eigenvalue weighted by Crippen LogP contribution is 2.50. The van der Waals surface area contributed by atoms with Crippen molar-refractivity contribution in [3.05, 3.63) is 52.6 Å². The minimum absolute atomic E-state index is 0.297. The van der Waals surface area contributed by atoms with Gasteiger partial charge >= 0.3 is 0 Å². The molecule has 0 saturated carbocycles. The summed E-state index contributed by atoms with van der Waals surface area (Å²) in [6.45, 7) is 12.8. The number of benzene rings is 2. The Balaban J connectivity index is 2.08. The van der Waals surface area contributed by atoms with Gasteiger partial charge in [0, 0.05) is 5.56 Å². The Bertz CT molecular complexity index is 887. The molecule has 0 atom stereocenters. The number of allylic oxidation sites excluding steroid dienone is 2. The Hall–Kier alpha value is -2.22. The maximum Gasteiger partial charge on any atom is 0.132 e. The molecule has 3 rings (SSSR count). The van der Waals surface area contributed by atoms with E-state index >= 15 is 0 Å². The molecule has 1 N–H and O–H groups in total. The fraction of sp³-hybridized carbons (Fsp3) is 0.440. The summed E-state index contributed by atoms with van der Waals surface area (Å²) in [5.41, 5.74) is 7.44. The van der Waals surface area contributed by atoms with Crippen LogP contribution in [-0.2, 0) is 5.60 Å². The lowest BCUT2D eigenvalue weighted by molar-refractivity contribution is 0.105. The standard InChI is InChI=1S/C25H32O2/c1-7-8-9-10-17(3)18(4)19-14-22(26)24-20-13-16(2)11-12-21(20)25(5,6)27-23(24)15-19/h11-15,26H,7-10H2,1-6H3. The quantitative estimate of drug-likeness (QED) is 0.561. The van der Waals surface area contributed by atoms with Crippen LogP contribution >= 0.6 is 0 Å². The summed E-state index contributed by atoms with van der Waals surface area (Å²) >= 11 is 0. The minimum atomic E-state index is -0.422. The summed E-state index contributed by atoms with van der Waals surface area (Å²) in [5, 5.41) is 10.9. The third-order valence-corrected chi connectivity index (χ3v) is 5.77. The van der Waals surface area contributed by atoms with E-state index in [0.29, 0.717) is 5.75 Å². The van der Waals surface area contributed by atoms with Gasteiger partial charge < -0.3 is 9.84 Å². The van der Waals surface area contributed by atoms with Gasteiger partial charge in [0.15, 0.2) is 0 Å². The molecule has 1 heterocycles. The summed E-state index contributed by atoms with van der Waals surface area (Å²) < 4.78 is 6.35. The predicted molar refractivity (Wildman–Crippen MR) is 114 cm³/mol. The third kappa shape index (κ3) is 3.76. The number of hydrogen-bond donors (Lipinski definition) is 1. The van der Waals surface area contributed by atoms with Crippen LogP contribution in [0.3, 0.4) is 0 Å². The van der Waals surface area contributed by atoms with Crippen molar-refractivity contribution in [2.75, 3.05) is 0 Å². The molecule has 0 spiro atoms. The average Bonchev–Trinajstić information content (AvgIpc) is 2.59. The molecule has 0 aromatic heterocycles. The van der Waals surface area contributed by atoms with E-state index < -0.39 is 5.60 Å². The summed E-state index contributed by atoms with van der Waals surface area (Å²) in [6.07, 6.45) is 4.81. The van der Waals surface area contributed by atoms with Crippen LogP contribution in [0.2, 0.25) is 0 Å². The zero-order valence-corrected chi connectivity index (χ0v) is 17.6. The van der Waals surface area contributed by atoms with Crippen LogP contribution in [0.15, 0.2) is 35.9 Å². The first-order valence-corrected chi connectivity index (χ1v) is 10.1. The van der Waals surface area contributed by atoms with Crippen molar-refractivity contribution in [2.45, 2.75) is 72.8 Å². The van der Waals surface area contributed by atoms with Gasteiger partial charge in [0.1, 0.15) is 17.1 Å². The van der Waals surface area contributed by atoms with E-state index in [4.69, 9.17) is 4.74 Å². The number of ether oxygens (including phenoxy) is 1. The first-order valence-electron chi connectivity index (χ1n) is 10.1. The van der Waals surface area contributed by atoms with E-state index in [1.54, 1.807) is 0 Å². The Morgan fingerprint density at radius 2 is 1.81 bits per heavy atom. The molecule has 2 aromatic rings. The summed E-state index contributed by atoms with van der Waals surface area (Å²) in [6, 6.07) is 10.4. The number of unbranched alkanes of at least 4 members (excludes halogenated alkanes) is 2. The van der Waals surface area contributed by atoms with Gasteiger partial charge in [0.25, 0.3) is 0 Å². The lowest BCUT2D eigenvalue weighted by Crippen LogP contribution is -2.29. The van der Waals surface area contributed by atoms with Crippen molar-refractivity contribution < 1.29 is 9.84 Å². The van der Waals surface area contributed by atoms with E-state index in [-0.39, 0.29) is 0 Å². The van der Waals surface area contributed by atoms with Crippen LogP contribution < -0.4 is 4.74 Å².